The maximum absolute atomic E-state index is 11.9. The van der Waals surface area contributed by atoms with Crippen LogP contribution >= 0.6 is 0 Å². The number of nitrogens with one attached hydrogen (secondary N) is 2. The summed E-state index contributed by atoms with van der Waals surface area (Å²) in [6.45, 7) is -0.247. The first-order chi connectivity index (χ1) is 13.1. The summed E-state index contributed by atoms with van der Waals surface area (Å²) in [5, 5.41) is 5.11. The predicted octanol–water partition coefficient (Wildman–Crippen LogP) is 1.33. The monoisotopic (exact) mass is 370 g/mol. The van der Waals surface area contributed by atoms with Crippen molar-refractivity contribution in [3.8, 4) is 5.75 Å². The van der Waals surface area contributed by atoms with E-state index in [-0.39, 0.29) is 19.1 Å². The number of rotatable bonds is 9. The molecule has 0 aromatic heterocycles. The Hall–Kier alpha value is -3.35. The fourth-order valence-electron chi connectivity index (χ4n) is 2.24. The van der Waals surface area contributed by atoms with Crippen molar-refractivity contribution < 1.29 is 23.9 Å². The molecule has 2 N–H and O–H groups in total. The van der Waals surface area contributed by atoms with Gasteiger partial charge in [-0.1, -0.05) is 30.3 Å². The second-order valence-electron chi connectivity index (χ2n) is 5.66. The van der Waals surface area contributed by atoms with E-state index in [1.807, 2.05) is 30.3 Å². The van der Waals surface area contributed by atoms with Crippen LogP contribution in [0.5, 0.6) is 5.75 Å². The fourth-order valence-corrected chi connectivity index (χ4v) is 2.24. The molecule has 0 unspecified atom stereocenters. The zero-order valence-corrected chi connectivity index (χ0v) is 15.1. The summed E-state index contributed by atoms with van der Waals surface area (Å²) in [6, 6.07) is 16.2. The van der Waals surface area contributed by atoms with E-state index in [1.165, 1.54) is 7.11 Å². The highest BCUT2D eigenvalue weighted by molar-refractivity contribution is 5.96. The zero-order chi connectivity index (χ0) is 19.5. The van der Waals surface area contributed by atoms with Gasteiger partial charge in [0, 0.05) is 12.1 Å². The Morgan fingerprint density at radius 3 is 2.30 bits per heavy atom. The Morgan fingerprint density at radius 2 is 1.63 bits per heavy atom. The number of benzene rings is 2. The van der Waals surface area contributed by atoms with E-state index in [1.54, 1.807) is 24.3 Å². The highest BCUT2D eigenvalue weighted by Crippen LogP contribution is 2.10. The number of methoxy groups -OCH3 is 1. The van der Waals surface area contributed by atoms with E-state index in [9.17, 15) is 14.4 Å². The van der Waals surface area contributed by atoms with Crippen LogP contribution in [-0.2, 0) is 20.7 Å². The first-order valence-corrected chi connectivity index (χ1v) is 8.47. The minimum absolute atomic E-state index is 0.317. The molecule has 0 spiro atoms. The zero-order valence-electron chi connectivity index (χ0n) is 15.1. The number of hydrogen-bond acceptors (Lipinski definition) is 5. The highest BCUT2D eigenvalue weighted by Gasteiger charge is 2.11. The molecule has 27 heavy (non-hydrogen) atoms. The Labute approximate surface area is 157 Å². The van der Waals surface area contributed by atoms with E-state index in [0.29, 0.717) is 24.3 Å². The molecule has 2 rings (SSSR count). The van der Waals surface area contributed by atoms with Gasteiger partial charge >= 0.3 is 5.97 Å². The third-order valence-corrected chi connectivity index (χ3v) is 3.69. The second-order valence-corrected chi connectivity index (χ2v) is 5.66. The van der Waals surface area contributed by atoms with Crippen LogP contribution in [0.15, 0.2) is 54.6 Å². The highest BCUT2D eigenvalue weighted by atomic mass is 16.5. The van der Waals surface area contributed by atoms with Gasteiger partial charge in [0.2, 0.25) is 0 Å². The number of esters is 1. The lowest BCUT2D eigenvalue weighted by Crippen LogP contribution is -2.34. The summed E-state index contributed by atoms with van der Waals surface area (Å²) in [5.74, 6) is -0.859. The summed E-state index contributed by atoms with van der Waals surface area (Å²) in [5.41, 5.74) is 1.50. The van der Waals surface area contributed by atoms with E-state index >= 15 is 0 Å². The predicted molar refractivity (Wildman–Crippen MR) is 99.4 cm³/mol. The molecule has 0 fully saturated rings. The molecule has 0 aliphatic carbocycles. The summed E-state index contributed by atoms with van der Waals surface area (Å²) >= 11 is 0. The van der Waals surface area contributed by atoms with Crippen LogP contribution in [0.3, 0.4) is 0 Å². The van der Waals surface area contributed by atoms with Gasteiger partial charge in [-0.25, -0.2) is 0 Å². The van der Waals surface area contributed by atoms with Crippen molar-refractivity contribution in [2.24, 2.45) is 0 Å². The van der Waals surface area contributed by atoms with Gasteiger partial charge in [0.05, 0.1) is 7.11 Å². The van der Waals surface area contributed by atoms with Crippen molar-refractivity contribution in [2.45, 2.75) is 6.42 Å². The molecular formula is C20H22N2O5. The largest absolute Gasteiger partial charge is 0.497 e. The van der Waals surface area contributed by atoms with Crippen LogP contribution in [0.2, 0.25) is 0 Å². The molecule has 0 saturated heterocycles. The van der Waals surface area contributed by atoms with Gasteiger partial charge in [-0.2, -0.15) is 0 Å². The number of carbonyl (C=O) groups excluding carboxylic acids is 3. The molecule has 7 heteroatoms. The van der Waals surface area contributed by atoms with E-state index in [4.69, 9.17) is 9.47 Å². The topological polar surface area (TPSA) is 93.7 Å². The van der Waals surface area contributed by atoms with E-state index in [2.05, 4.69) is 10.6 Å². The van der Waals surface area contributed by atoms with Crippen LogP contribution in [0.1, 0.15) is 15.9 Å². The lowest BCUT2D eigenvalue weighted by molar-refractivity contribution is -0.147. The van der Waals surface area contributed by atoms with Crippen molar-refractivity contribution >= 4 is 17.8 Å². The molecule has 2 amide bonds. The van der Waals surface area contributed by atoms with Crippen LogP contribution in [0, 0.1) is 0 Å². The van der Waals surface area contributed by atoms with Gasteiger partial charge < -0.3 is 20.1 Å². The quantitative estimate of drug-likeness (QED) is 0.650. The normalized spacial score (nSPS) is 9.96. The third kappa shape index (κ3) is 7.19. The Bertz CT molecular complexity index is 760. The van der Waals surface area contributed by atoms with Crippen LogP contribution in [0.25, 0.3) is 0 Å². The first-order valence-electron chi connectivity index (χ1n) is 8.47. The SMILES string of the molecule is COc1ccc(C(=O)NCC(=O)OCC(=O)NCCc2ccccc2)cc1. The standard InChI is InChI=1S/C20H22N2O5/c1-26-17-9-7-16(8-10-17)20(25)22-13-19(24)27-14-18(23)21-12-11-15-5-3-2-4-6-15/h2-10H,11-14H2,1H3,(H,21,23)(H,22,25). The molecule has 142 valence electrons. The van der Waals surface area contributed by atoms with Gasteiger partial charge in [-0.05, 0) is 36.2 Å². The molecule has 0 heterocycles. The molecule has 0 aliphatic heterocycles. The Balaban J connectivity index is 1.62. The van der Waals surface area contributed by atoms with Gasteiger partial charge in [0.1, 0.15) is 12.3 Å². The summed E-state index contributed by atoms with van der Waals surface area (Å²) in [6.07, 6.45) is 0.693. The lowest BCUT2D eigenvalue weighted by atomic mass is 10.1. The Morgan fingerprint density at radius 1 is 0.926 bits per heavy atom. The van der Waals surface area contributed by atoms with Gasteiger partial charge in [0.15, 0.2) is 6.61 Å². The average molecular weight is 370 g/mol. The average Bonchev–Trinajstić information content (AvgIpc) is 2.71. The van der Waals surface area contributed by atoms with Crippen molar-refractivity contribution in [1.29, 1.82) is 0 Å². The summed E-state index contributed by atoms with van der Waals surface area (Å²) < 4.78 is 9.85. The van der Waals surface area contributed by atoms with Crippen LogP contribution in [-0.4, -0.2) is 44.6 Å². The molecule has 0 saturated carbocycles. The molecule has 0 bridgehead atoms. The van der Waals surface area contributed by atoms with E-state index in [0.717, 1.165) is 5.56 Å². The van der Waals surface area contributed by atoms with Crippen LogP contribution in [0.4, 0.5) is 0 Å². The number of amides is 2. The molecular weight excluding hydrogens is 348 g/mol. The number of hydrogen-bond donors (Lipinski definition) is 2. The lowest BCUT2D eigenvalue weighted by Gasteiger charge is -2.08. The van der Waals surface area contributed by atoms with Gasteiger partial charge in [-0.3, -0.25) is 14.4 Å². The minimum atomic E-state index is -0.685. The molecule has 0 radical (unpaired) electrons. The maximum atomic E-state index is 11.9. The minimum Gasteiger partial charge on any atom is -0.497 e. The smallest absolute Gasteiger partial charge is 0.325 e. The molecule has 2 aromatic carbocycles. The van der Waals surface area contributed by atoms with Crippen molar-refractivity contribution in [2.75, 3.05) is 26.8 Å². The Kier molecular flexibility index (Phi) is 7.84. The summed E-state index contributed by atoms with van der Waals surface area (Å²) in [4.78, 5) is 35.2. The van der Waals surface area contributed by atoms with Gasteiger partial charge in [0.25, 0.3) is 11.8 Å². The molecule has 7 nitrogen and oxygen atoms in total. The van der Waals surface area contributed by atoms with Crippen molar-refractivity contribution in [3.63, 3.8) is 0 Å². The van der Waals surface area contributed by atoms with Gasteiger partial charge in [-0.15, -0.1) is 0 Å². The van der Waals surface area contributed by atoms with Crippen LogP contribution < -0.4 is 15.4 Å². The number of ether oxygens (including phenoxy) is 2. The number of carbonyl (C=O) groups is 3. The third-order valence-electron chi connectivity index (χ3n) is 3.69. The maximum Gasteiger partial charge on any atom is 0.325 e. The second kappa shape index (κ2) is 10.6. The molecule has 0 atom stereocenters. The van der Waals surface area contributed by atoms with Crippen molar-refractivity contribution in [1.82, 2.24) is 10.6 Å². The molecule has 2 aromatic rings. The molecule has 0 aliphatic rings. The van der Waals surface area contributed by atoms with Crippen molar-refractivity contribution in [3.05, 3.63) is 65.7 Å². The van der Waals surface area contributed by atoms with E-state index < -0.39 is 11.9 Å². The first kappa shape index (κ1) is 20.0. The fraction of sp³-hybridized carbons (Fsp3) is 0.250. The summed E-state index contributed by atoms with van der Waals surface area (Å²) in [7, 11) is 1.53.